The number of nitrogens with one attached hydrogen (secondary N) is 1. The number of nitro benzene ring substituents is 1. The lowest BCUT2D eigenvalue weighted by Crippen LogP contribution is -2.44. The fourth-order valence-corrected chi connectivity index (χ4v) is 2.50. The average Bonchev–Trinajstić information content (AvgIpc) is 2.42. The maximum Gasteiger partial charge on any atom is 0.288 e. The molecule has 1 fully saturated rings. The standard InChI is InChI=1S/C13H16ClN3O2.2ClH/c1-2-12(16-7-5-15-6-8-16)10-3-4-11(14)13(9-10)17(18)19;;/h2-4,9,12,15H,1,5-8H2;2*1H/t12-;;/m0../s1. The molecule has 1 saturated heterocycles. The Morgan fingerprint density at radius 2 is 2.00 bits per heavy atom. The molecular formula is C13H18Cl3N3O2. The van der Waals surface area contributed by atoms with Crippen LogP contribution in [0.5, 0.6) is 0 Å². The van der Waals surface area contributed by atoms with Crippen molar-refractivity contribution in [2.75, 3.05) is 26.2 Å². The first-order valence-electron chi connectivity index (χ1n) is 6.14. The summed E-state index contributed by atoms with van der Waals surface area (Å²) in [7, 11) is 0. The van der Waals surface area contributed by atoms with Gasteiger partial charge in [0.1, 0.15) is 5.02 Å². The van der Waals surface area contributed by atoms with Gasteiger partial charge in [-0.15, -0.1) is 31.4 Å². The maximum atomic E-state index is 10.9. The molecule has 1 aliphatic heterocycles. The molecule has 8 heteroatoms. The predicted octanol–water partition coefficient (Wildman–Crippen LogP) is 3.22. The Morgan fingerprint density at radius 3 is 2.52 bits per heavy atom. The molecule has 118 valence electrons. The zero-order valence-electron chi connectivity index (χ0n) is 11.3. The normalized spacial score (nSPS) is 16.2. The minimum atomic E-state index is -0.455. The largest absolute Gasteiger partial charge is 0.314 e. The molecule has 2 rings (SSSR count). The predicted molar refractivity (Wildman–Crippen MR) is 90.0 cm³/mol. The summed E-state index contributed by atoms with van der Waals surface area (Å²) < 4.78 is 0. The number of halogens is 3. The fraction of sp³-hybridized carbons (Fsp3) is 0.385. The Labute approximate surface area is 141 Å². The van der Waals surface area contributed by atoms with Gasteiger partial charge in [0.15, 0.2) is 0 Å². The van der Waals surface area contributed by atoms with E-state index in [1.54, 1.807) is 6.07 Å². The van der Waals surface area contributed by atoms with Crippen LogP contribution in [0.15, 0.2) is 30.9 Å². The third-order valence-corrected chi connectivity index (χ3v) is 3.60. The molecule has 1 N–H and O–H groups in total. The molecule has 0 bridgehead atoms. The van der Waals surface area contributed by atoms with Crippen LogP contribution in [-0.2, 0) is 0 Å². The number of hydrogen-bond acceptors (Lipinski definition) is 4. The molecule has 1 aromatic carbocycles. The van der Waals surface area contributed by atoms with E-state index < -0.39 is 4.92 Å². The SMILES string of the molecule is C=C[C@@H](c1ccc(Cl)c([N+](=O)[O-])c1)N1CCNCC1.Cl.Cl. The van der Waals surface area contributed by atoms with Crippen molar-refractivity contribution >= 4 is 42.1 Å². The lowest BCUT2D eigenvalue weighted by molar-refractivity contribution is -0.384. The first kappa shape index (κ1) is 20.1. The highest BCUT2D eigenvalue weighted by molar-refractivity contribution is 6.32. The van der Waals surface area contributed by atoms with Crippen LogP contribution >= 0.6 is 36.4 Å². The Balaban J connectivity index is 0.00000200. The maximum absolute atomic E-state index is 10.9. The van der Waals surface area contributed by atoms with Crippen molar-refractivity contribution in [1.82, 2.24) is 10.2 Å². The minimum absolute atomic E-state index is 0. The summed E-state index contributed by atoms with van der Waals surface area (Å²) in [6, 6.07) is 4.92. The molecule has 1 atom stereocenters. The number of rotatable bonds is 4. The summed E-state index contributed by atoms with van der Waals surface area (Å²) in [6.07, 6.45) is 1.82. The van der Waals surface area contributed by atoms with Crippen LogP contribution in [0.25, 0.3) is 0 Å². The molecule has 1 heterocycles. The molecule has 21 heavy (non-hydrogen) atoms. The van der Waals surface area contributed by atoms with Gasteiger partial charge in [-0.1, -0.05) is 23.7 Å². The Kier molecular flexibility index (Phi) is 8.85. The van der Waals surface area contributed by atoms with Gasteiger partial charge in [0.05, 0.1) is 11.0 Å². The van der Waals surface area contributed by atoms with Crippen molar-refractivity contribution in [3.05, 3.63) is 51.6 Å². The second-order valence-electron chi connectivity index (χ2n) is 4.43. The van der Waals surface area contributed by atoms with Gasteiger partial charge in [-0.25, -0.2) is 0 Å². The van der Waals surface area contributed by atoms with E-state index in [0.29, 0.717) is 0 Å². The molecule has 5 nitrogen and oxygen atoms in total. The fourth-order valence-electron chi connectivity index (χ4n) is 2.31. The van der Waals surface area contributed by atoms with Crippen molar-refractivity contribution in [1.29, 1.82) is 0 Å². The van der Waals surface area contributed by atoms with Crippen molar-refractivity contribution < 1.29 is 4.92 Å². The number of nitro groups is 1. The number of hydrogen-bond donors (Lipinski definition) is 1. The first-order valence-corrected chi connectivity index (χ1v) is 6.52. The average molecular weight is 355 g/mol. The van der Waals surface area contributed by atoms with Crippen molar-refractivity contribution in [3.63, 3.8) is 0 Å². The minimum Gasteiger partial charge on any atom is -0.314 e. The lowest BCUT2D eigenvalue weighted by atomic mass is 10.0. The van der Waals surface area contributed by atoms with E-state index >= 15 is 0 Å². The highest BCUT2D eigenvalue weighted by Gasteiger charge is 2.22. The number of benzene rings is 1. The third-order valence-electron chi connectivity index (χ3n) is 3.28. The Hall–Kier alpha value is -0.850. The lowest BCUT2D eigenvalue weighted by Gasteiger charge is -2.33. The van der Waals surface area contributed by atoms with Crippen LogP contribution < -0.4 is 5.32 Å². The topological polar surface area (TPSA) is 58.4 Å². The quantitative estimate of drug-likeness (QED) is 0.512. The Morgan fingerprint density at radius 1 is 1.38 bits per heavy atom. The summed E-state index contributed by atoms with van der Waals surface area (Å²) >= 11 is 5.83. The zero-order chi connectivity index (χ0) is 13.8. The summed E-state index contributed by atoms with van der Waals surface area (Å²) in [5.74, 6) is 0. The van der Waals surface area contributed by atoms with Crippen molar-refractivity contribution in [2.45, 2.75) is 6.04 Å². The van der Waals surface area contributed by atoms with Gasteiger partial charge >= 0.3 is 0 Å². The first-order chi connectivity index (χ1) is 9.13. The second kappa shape index (κ2) is 9.23. The van der Waals surface area contributed by atoms with Gasteiger partial charge in [0.25, 0.3) is 5.69 Å². The van der Waals surface area contributed by atoms with Gasteiger partial charge in [-0.2, -0.15) is 0 Å². The third kappa shape index (κ3) is 4.83. The summed E-state index contributed by atoms with van der Waals surface area (Å²) in [5.41, 5.74) is 0.800. The van der Waals surface area contributed by atoms with Gasteiger partial charge in [-0.05, 0) is 11.6 Å². The molecule has 0 saturated carbocycles. The van der Waals surface area contributed by atoms with E-state index in [1.807, 2.05) is 12.1 Å². The number of piperazine rings is 1. The molecule has 1 aromatic rings. The molecule has 1 aliphatic rings. The van der Waals surface area contributed by atoms with Crippen LogP contribution in [0.3, 0.4) is 0 Å². The van der Waals surface area contributed by atoms with Crippen LogP contribution in [0.2, 0.25) is 5.02 Å². The summed E-state index contributed by atoms with van der Waals surface area (Å²) in [4.78, 5) is 12.7. The number of nitrogens with zero attached hydrogens (tertiary/aromatic N) is 2. The molecule has 0 aliphatic carbocycles. The molecule has 0 amide bonds. The van der Waals surface area contributed by atoms with Gasteiger partial charge in [0, 0.05) is 32.2 Å². The smallest absolute Gasteiger partial charge is 0.288 e. The second-order valence-corrected chi connectivity index (χ2v) is 4.84. The summed E-state index contributed by atoms with van der Waals surface area (Å²) in [5, 5.41) is 14.4. The van der Waals surface area contributed by atoms with E-state index in [9.17, 15) is 10.1 Å². The van der Waals surface area contributed by atoms with E-state index in [4.69, 9.17) is 11.6 Å². The Bertz CT molecular complexity index is 494. The molecule has 0 spiro atoms. The van der Waals surface area contributed by atoms with E-state index in [0.717, 1.165) is 31.7 Å². The molecule has 0 radical (unpaired) electrons. The van der Waals surface area contributed by atoms with Gasteiger partial charge in [0.2, 0.25) is 0 Å². The molecule has 0 unspecified atom stereocenters. The van der Waals surface area contributed by atoms with E-state index in [2.05, 4.69) is 16.8 Å². The molecular weight excluding hydrogens is 337 g/mol. The van der Waals surface area contributed by atoms with Crippen molar-refractivity contribution in [2.24, 2.45) is 0 Å². The van der Waals surface area contributed by atoms with Gasteiger partial charge < -0.3 is 5.32 Å². The highest BCUT2D eigenvalue weighted by atomic mass is 35.5. The highest BCUT2D eigenvalue weighted by Crippen LogP contribution is 2.30. The molecule has 0 aromatic heterocycles. The van der Waals surface area contributed by atoms with Crippen LogP contribution in [-0.4, -0.2) is 36.0 Å². The monoisotopic (exact) mass is 353 g/mol. The zero-order valence-corrected chi connectivity index (χ0v) is 13.7. The van der Waals surface area contributed by atoms with Gasteiger partial charge in [-0.3, -0.25) is 15.0 Å². The van der Waals surface area contributed by atoms with Crippen molar-refractivity contribution in [3.8, 4) is 0 Å². The van der Waals surface area contributed by atoms with E-state index in [-0.39, 0.29) is 41.6 Å². The summed E-state index contributed by atoms with van der Waals surface area (Å²) in [6.45, 7) is 7.47. The van der Waals surface area contributed by atoms with Crippen LogP contribution in [0.4, 0.5) is 5.69 Å². The van der Waals surface area contributed by atoms with E-state index in [1.165, 1.54) is 6.07 Å². The van der Waals surface area contributed by atoms with Crippen LogP contribution in [0, 0.1) is 10.1 Å². The van der Waals surface area contributed by atoms with Crippen LogP contribution in [0.1, 0.15) is 11.6 Å².